The first-order chi connectivity index (χ1) is 16.8. The molecule has 0 fully saturated rings. The van der Waals surface area contributed by atoms with Crippen LogP contribution in [0, 0.1) is 0 Å². The van der Waals surface area contributed by atoms with E-state index in [0.29, 0.717) is 0 Å². The number of rotatable bonds is 0. The van der Waals surface area contributed by atoms with Crippen LogP contribution in [0.1, 0.15) is 25.6 Å². The molecule has 0 saturated carbocycles. The molecule has 4 aromatic heterocycles. The molecule has 0 amide bonds. The molecule has 166 valence electrons. The maximum Gasteiger partial charge on any atom is 2.00 e. The van der Waals surface area contributed by atoms with Gasteiger partial charge in [-0.05, 0) is 85.0 Å². The number of fused-ring (bicyclic) bond motifs is 9. The van der Waals surface area contributed by atoms with Crippen molar-refractivity contribution in [1.82, 2.24) is 24.9 Å². The van der Waals surface area contributed by atoms with Crippen LogP contribution in [-0.2, 0) is 0 Å². The summed E-state index contributed by atoms with van der Waals surface area (Å²) in [7, 11) is 0. The minimum Gasteiger partial charge on any atom is -1.00 e. The Hall–Kier alpha value is -4.00. The molecule has 6 heteroatoms. The van der Waals surface area contributed by atoms with E-state index in [2.05, 4.69) is 67.4 Å². The zero-order valence-electron chi connectivity index (χ0n) is 21.0. The van der Waals surface area contributed by atoms with E-state index in [-0.39, 0.29) is 25.9 Å². The third-order valence-electron chi connectivity index (χ3n) is 5.55. The van der Waals surface area contributed by atoms with Gasteiger partial charge in [0.2, 0.25) is 0 Å². The molecule has 0 spiro atoms. The first kappa shape index (κ1) is 22.8. The summed E-state index contributed by atoms with van der Waals surface area (Å²) in [5.74, 6) is 0. The van der Waals surface area contributed by atoms with Gasteiger partial charge in [0.05, 0.1) is 28.3 Å². The summed E-state index contributed by atoms with van der Waals surface area (Å²) in [6.45, 7) is 0. The summed E-state index contributed by atoms with van der Waals surface area (Å²) in [6.07, 6.45) is 9.86. The molecule has 1 aromatic carbocycles. The van der Waals surface area contributed by atoms with E-state index < -0.39 is 0 Å². The third-order valence-corrected chi connectivity index (χ3v) is 5.55. The minimum absolute atomic E-state index is 0. The zero-order valence-corrected chi connectivity index (χ0v) is 20.4. The number of aromatic amines is 2. The van der Waals surface area contributed by atoms with Gasteiger partial charge in [0.25, 0.3) is 0 Å². The number of pyridine rings is 1. The average Bonchev–Trinajstić information content (AvgIpc) is 3.66. The van der Waals surface area contributed by atoms with Crippen molar-refractivity contribution in [1.29, 1.82) is 0 Å². The topological polar surface area (TPSA) is 70.2 Å². The number of hydrogen-bond donors (Lipinski definition) is 2. The number of hydrogen-bond acceptors (Lipinski definition) is 3. The second-order valence-corrected chi connectivity index (χ2v) is 8.10. The van der Waals surface area contributed by atoms with E-state index >= 15 is 0 Å². The van der Waals surface area contributed by atoms with Gasteiger partial charge < -0.3 is 12.8 Å². The van der Waals surface area contributed by atoms with Gasteiger partial charge in [-0.15, -0.1) is 0 Å². The van der Waals surface area contributed by atoms with Gasteiger partial charge in [-0.1, -0.05) is 24.3 Å². The maximum absolute atomic E-state index is 4.62. The largest absolute Gasteiger partial charge is 2.00 e. The zero-order chi connectivity index (χ0) is 22.7. The molecule has 8 bridgehead atoms. The fourth-order valence-electron chi connectivity index (χ4n) is 3.96. The standard InChI is InChI=1S/C20H14N4.C9H7N.Mg.2H/c1-2-14-10-16-5-6-18(23-16)12-20-8-7-19(24-20)11-17-4-3-15(22-17)9-13(1)21-14;1-2-6-9-8(4-1)5-3-7-10-9;;;/h1-12,21-22H;1-7H;;;/q;;+2;2*-1. The van der Waals surface area contributed by atoms with Crippen LogP contribution in [0.3, 0.4) is 0 Å². The monoisotopic (exact) mass is 465 g/mol. The summed E-state index contributed by atoms with van der Waals surface area (Å²) in [4.78, 5) is 20.2. The molecule has 2 aliphatic heterocycles. The molecule has 7 rings (SSSR count). The quantitative estimate of drug-likeness (QED) is 0.244. The molecule has 0 aliphatic carbocycles. The Morgan fingerprint density at radius 3 is 1.57 bits per heavy atom. The summed E-state index contributed by atoms with van der Waals surface area (Å²) in [5, 5.41) is 1.20. The summed E-state index contributed by atoms with van der Waals surface area (Å²) in [6, 6.07) is 28.5. The minimum atomic E-state index is 0. The van der Waals surface area contributed by atoms with Crippen molar-refractivity contribution in [3.63, 3.8) is 0 Å². The number of nitrogens with one attached hydrogen (secondary N) is 2. The molecule has 2 aliphatic rings. The first-order valence-corrected chi connectivity index (χ1v) is 11.1. The van der Waals surface area contributed by atoms with Crippen molar-refractivity contribution in [2.45, 2.75) is 0 Å². The SMILES string of the molecule is C1=Cc2cc3ccc(cc4ccc(cc5nc(cc1n2)C=C5)[nH]4)[nH]3.[H-].[H-].[Mg+2].c1ccc2ncccc2c1. The van der Waals surface area contributed by atoms with E-state index in [4.69, 9.17) is 0 Å². The third kappa shape index (κ3) is 5.40. The van der Waals surface area contributed by atoms with Crippen LogP contribution in [0.5, 0.6) is 0 Å². The van der Waals surface area contributed by atoms with Crippen LogP contribution in [0.25, 0.3) is 57.3 Å². The van der Waals surface area contributed by atoms with Crippen LogP contribution in [0.15, 0.2) is 91.1 Å². The van der Waals surface area contributed by atoms with Crippen LogP contribution in [0.4, 0.5) is 0 Å². The Kier molecular flexibility index (Phi) is 6.56. The molecule has 5 nitrogen and oxygen atoms in total. The van der Waals surface area contributed by atoms with Gasteiger partial charge >= 0.3 is 23.1 Å². The predicted octanol–water partition coefficient (Wildman–Crippen LogP) is 6.73. The molecule has 0 radical (unpaired) electrons. The molecule has 6 heterocycles. The maximum atomic E-state index is 4.62. The first-order valence-electron chi connectivity index (χ1n) is 11.1. The van der Waals surface area contributed by atoms with Gasteiger partial charge in [0.1, 0.15) is 0 Å². The summed E-state index contributed by atoms with van der Waals surface area (Å²) >= 11 is 0. The molecule has 0 atom stereocenters. The van der Waals surface area contributed by atoms with E-state index in [1.807, 2.05) is 73.0 Å². The van der Waals surface area contributed by atoms with Crippen LogP contribution < -0.4 is 0 Å². The summed E-state index contributed by atoms with van der Waals surface area (Å²) in [5.41, 5.74) is 8.92. The van der Waals surface area contributed by atoms with Crippen molar-refractivity contribution < 1.29 is 2.85 Å². The van der Waals surface area contributed by atoms with Gasteiger partial charge in [-0.25, -0.2) is 9.97 Å². The Balaban J connectivity index is 0.000000250. The molecule has 0 unspecified atom stereocenters. The number of aromatic nitrogens is 5. The van der Waals surface area contributed by atoms with Gasteiger partial charge in [0, 0.05) is 33.6 Å². The van der Waals surface area contributed by atoms with E-state index in [9.17, 15) is 0 Å². The Labute approximate surface area is 221 Å². The molecular formula is C29H23MgN5. The second-order valence-electron chi connectivity index (χ2n) is 8.10. The van der Waals surface area contributed by atoms with Crippen LogP contribution >= 0.6 is 0 Å². The molecule has 35 heavy (non-hydrogen) atoms. The van der Waals surface area contributed by atoms with Crippen LogP contribution in [-0.4, -0.2) is 48.0 Å². The van der Waals surface area contributed by atoms with Gasteiger partial charge in [0.15, 0.2) is 0 Å². The van der Waals surface area contributed by atoms with Crippen LogP contribution in [0.2, 0.25) is 0 Å². The second kappa shape index (κ2) is 10.1. The van der Waals surface area contributed by atoms with Crippen molar-refractivity contribution in [2.75, 3.05) is 0 Å². The fourth-order valence-corrected chi connectivity index (χ4v) is 3.96. The molecular weight excluding hydrogens is 443 g/mol. The van der Waals surface area contributed by atoms with Crippen molar-refractivity contribution in [3.05, 3.63) is 114 Å². The number of benzene rings is 1. The Morgan fingerprint density at radius 2 is 1.00 bits per heavy atom. The summed E-state index contributed by atoms with van der Waals surface area (Å²) < 4.78 is 0. The van der Waals surface area contributed by atoms with Crippen molar-refractivity contribution in [3.8, 4) is 0 Å². The number of nitrogens with zero attached hydrogens (tertiary/aromatic N) is 3. The van der Waals surface area contributed by atoms with E-state index in [1.165, 1.54) is 5.39 Å². The molecule has 0 saturated heterocycles. The Bertz CT molecular complexity index is 1580. The number of H-pyrrole nitrogens is 2. The molecule has 5 aromatic rings. The predicted molar refractivity (Wildman–Crippen MR) is 149 cm³/mol. The van der Waals surface area contributed by atoms with Crippen molar-refractivity contribution in [2.24, 2.45) is 0 Å². The van der Waals surface area contributed by atoms with Gasteiger partial charge in [-0.3, -0.25) is 4.98 Å². The van der Waals surface area contributed by atoms with Gasteiger partial charge in [-0.2, -0.15) is 0 Å². The van der Waals surface area contributed by atoms with Crippen molar-refractivity contribution >= 4 is 80.3 Å². The normalized spacial score (nSPS) is 11.5. The fraction of sp³-hybridized carbons (Fsp3) is 0. The molecule has 2 N–H and O–H groups in total. The van der Waals surface area contributed by atoms with E-state index in [0.717, 1.165) is 50.4 Å². The average molecular weight is 466 g/mol. The smallest absolute Gasteiger partial charge is 1.00 e. The Morgan fingerprint density at radius 1 is 0.514 bits per heavy atom. The number of para-hydroxylation sites is 1. The van der Waals surface area contributed by atoms with E-state index in [1.54, 1.807) is 0 Å².